The second kappa shape index (κ2) is 13.9. The van der Waals surface area contributed by atoms with Gasteiger partial charge in [0.2, 0.25) is 0 Å². The van der Waals surface area contributed by atoms with E-state index in [0.717, 1.165) is 47.2 Å². The van der Waals surface area contributed by atoms with E-state index < -0.39 is 0 Å². The van der Waals surface area contributed by atoms with E-state index in [9.17, 15) is 19.2 Å². The quantitative estimate of drug-likeness (QED) is 0.189. The molecule has 3 aromatic rings. The van der Waals surface area contributed by atoms with E-state index in [1.807, 2.05) is 55.4 Å². The number of ketones is 4. The summed E-state index contributed by atoms with van der Waals surface area (Å²) < 4.78 is 0. The van der Waals surface area contributed by atoms with E-state index in [0.29, 0.717) is 48.8 Å². The van der Waals surface area contributed by atoms with E-state index in [-0.39, 0.29) is 47.3 Å². The van der Waals surface area contributed by atoms with Gasteiger partial charge in [-0.25, -0.2) is 0 Å². The minimum absolute atomic E-state index is 0.00875. The molecule has 246 valence electrons. The van der Waals surface area contributed by atoms with Gasteiger partial charge in [-0.15, -0.1) is 0 Å². The average Bonchev–Trinajstić information content (AvgIpc) is 3.00. The summed E-state index contributed by atoms with van der Waals surface area (Å²) in [5.41, 5.74) is 4.94. The molecule has 0 aromatic heterocycles. The van der Waals surface area contributed by atoms with Crippen LogP contribution in [0.25, 0.3) is 21.5 Å². The molecule has 4 heteroatoms. The largest absolute Gasteiger partial charge is 0.299 e. The first-order valence-corrected chi connectivity index (χ1v) is 17.9. The lowest BCUT2D eigenvalue weighted by atomic mass is 9.71. The third-order valence-corrected chi connectivity index (χ3v) is 11.1. The van der Waals surface area contributed by atoms with Crippen molar-refractivity contribution < 1.29 is 19.2 Å². The van der Waals surface area contributed by atoms with Gasteiger partial charge in [0.25, 0.3) is 0 Å². The molecule has 0 bridgehead atoms. The molecule has 0 spiro atoms. The molecule has 0 saturated carbocycles. The number of Topliss-reactive ketones (excluding diaryl/α,β-unsaturated/α-hetero) is 4. The third kappa shape index (κ3) is 7.21. The van der Waals surface area contributed by atoms with Crippen molar-refractivity contribution in [2.24, 2.45) is 23.7 Å². The molecule has 4 nitrogen and oxygen atoms in total. The summed E-state index contributed by atoms with van der Waals surface area (Å²) in [6.45, 7) is 15.8. The normalized spacial score (nSPS) is 21.3. The van der Waals surface area contributed by atoms with Crippen molar-refractivity contribution in [3.05, 3.63) is 58.7 Å². The van der Waals surface area contributed by atoms with Crippen LogP contribution in [0, 0.1) is 23.7 Å². The van der Waals surface area contributed by atoms with Gasteiger partial charge in [0.05, 0.1) is 0 Å². The van der Waals surface area contributed by atoms with Crippen LogP contribution < -0.4 is 0 Å². The SMILES string of the molecule is CC(C)C(=O)CC1CCC(CC(=O)C(C)C)c2cc3cc4cc5c(cc4cc3cc21)C(CC(=O)C(C)C)CCC5CC(=O)C(C)C. The van der Waals surface area contributed by atoms with Crippen LogP contribution in [0.5, 0.6) is 0 Å². The Hall–Kier alpha value is -3.14. The number of benzene rings is 3. The van der Waals surface area contributed by atoms with Gasteiger partial charge in [-0.05, 0) is 105 Å². The van der Waals surface area contributed by atoms with Gasteiger partial charge in [0.1, 0.15) is 23.1 Å². The minimum Gasteiger partial charge on any atom is -0.299 e. The van der Waals surface area contributed by atoms with Crippen LogP contribution in [0.15, 0.2) is 36.4 Å². The van der Waals surface area contributed by atoms with Crippen molar-refractivity contribution in [2.45, 2.75) is 130 Å². The first-order valence-electron chi connectivity index (χ1n) is 17.9. The second-order valence-electron chi connectivity index (χ2n) is 15.8. The Balaban J connectivity index is 1.64. The fourth-order valence-electron chi connectivity index (χ4n) is 7.78. The van der Waals surface area contributed by atoms with E-state index in [4.69, 9.17) is 0 Å². The number of hydrogen-bond acceptors (Lipinski definition) is 4. The Kier molecular flexibility index (Phi) is 10.3. The maximum atomic E-state index is 12.9. The number of hydrogen-bond donors (Lipinski definition) is 0. The molecule has 0 N–H and O–H groups in total. The van der Waals surface area contributed by atoms with Gasteiger partial charge in [-0.1, -0.05) is 79.7 Å². The van der Waals surface area contributed by atoms with Crippen molar-refractivity contribution in [2.75, 3.05) is 0 Å². The third-order valence-electron chi connectivity index (χ3n) is 11.1. The van der Waals surface area contributed by atoms with Crippen LogP contribution in [0.3, 0.4) is 0 Å². The summed E-state index contributed by atoms with van der Waals surface area (Å²) in [7, 11) is 0. The zero-order chi connectivity index (χ0) is 33.4. The molecule has 46 heavy (non-hydrogen) atoms. The fraction of sp³-hybridized carbons (Fsp3) is 0.571. The lowest BCUT2D eigenvalue weighted by molar-refractivity contribution is -0.123. The maximum Gasteiger partial charge on any atom is 0.136 e. The van der Waals surface area contributed by atoms with Crippen LogP contribution in [0.4, 0.5) is 0 Å². The topological polar surface area (TPSA) is 68.3 Å². The first-order chi connectivity index (χ1) is 21.7. The Morgan fingerprint density at radius 1 is 0.413 bits per heavy atom. The molecule has 0 heterocycles. The molecule has 0 aliphatic heterocycles. The van der Waals surface area contributed by atoms with Crippen molar-refractivity contribution in [1.29, 1.82) is 0 Å². The van der Waals surface area contributed by atoms with Crippen LogP contribution in [-0.2, 0) is 19.2 Å². The summed E-state index contributed by atoms with van der Waals surface area (Å²) >= 11 is 0. The van der Waals surface area contributed by atoms with Crippen molar-refractivity contribution in [3.8, 4) is 0 Å². The zero-order valence-electron chi connectivity index (χ0n) is 29.4. The Labute approximate surface area is 276 Å². The molecule has 0 fully saturated rings. The molecule has 5 rings (SSSR count). The van der Waals surface area contributed by atoms with Crippen LogP contribution >= 0.6 is 0 Å². The highest BCUT2D eigenvalue weighted by Gasteiger charge is 2.33. The lowest BCUT2D eigenvalue weighted by Crippen LogP contribution is -2.22. The number of carbonyl (C=O) groups is 4. The van der Waals surface area contributed by atoms with Crippen LogP contribution in [-0.4, -0.2) is 23.1 Å². The highest BCUT2D eigenvalue weighted by Crippen LogP contribution is 2.47. The van der Waals surface area contributed by atoms with Crippen LogP contribution in [0.2, 0.25) is 0 Å². The number of fused-ring (bicyclic) bond motifs is 4. The molecule has 4 unspecified atom stereocenters. The van der Waals surface area contributed by atoms with Gasteiger partial charge in [-0.2, -0.15) is 0 Å². The summed E-state index contributed by atoms with van der Waals surface area (Å²) in [5, 5.41) is 4.62. The zero-order valence-corrected chi connectivity index (χ0v) is 29.4. The molecule has 2 aliphatic rings. The monoisotopic (exact) mass is 622 g/mol. The standard InChI is InChI=1S/C42H54O4/c1-23(2)39(43)19-27-9-10-28(20-40(44)24(3)4)36-16-32-14-34-18-38-30(22-42(46)26(7)8)12-11-29(21-41(45)25(5)6)37(38)17-33(34)13-31(32)15-35(27)36/h13-18,23-30H,9-12,19-22H2,1-8H3. The first kappa shape index (κ1) is 34.2. The highest BCUT2D eigenvalue weighted by atomic mass is 16.1. The van der Waals surface area contributed by atoms with Gasteiger partial charge in [0.15, 0.2) is 0 Å². The molecule has 4 atom stereocenters. The van der Waals surface area contributed by atoms with Gasteiger partial charge < -0.3 is 0 Å². The predicted octanol–water partition coefficient (Wildman–Crippen LogP) is 10.4. The molecule has 2 aliphatic carbocycles. The summed E-state index contributed by atoms with van der Waals surface area (Å²) in [6.07, 6.45) is 5.89. The fourth-order valence-corrected chi connectivity index (χ4v) is 7.78. The number of rotatable bonds is 12. The Morgan fingerprint density at radius 3 is 0.783 bits per heavy atom. The summed E-state index contributed by atoms with van der Waals surface area (Å²) in [5.74, 6) is 1.91. The highest BCUT2D eigenvalue weighted by molar-refractivity contribution is 6.00. The van der Waals surface area contributed by atoms with Gasteiger partial charge >= 0.3 is 0 Å². The molecular weight excluding hydrogens is 568 g/mol. The van der Waals surface area contributed by atoms with Gasteiger partial charge in [0, 0.05) is 49.4 Å². The van der Waals surface area contributed by atoms with Crippen molar-refractivity contribution >= 4 is 44.7 Å². The molecule has 3 aromatic carbocycles. The van der Waals surface area contributed by atoms with Crippen LogP contribution in [0.1, 0.15) is 153 Å². The second-order valence-corrected chi connectivity index (χ2v) is 15.8. The lowest BCUT2D eigenvalue weighted by Gasteiger charge is -2.33. The van der Waals surface area contributed by atoms with Gasteiger partial charge in [-0.3, -0.25) is 19.2 Å². The summed E-state index contributed by atoms with van der Waals surface area (Å²) in [6, 6.07) is 13.8. The van der Waals surface area contributed by atoms with E-state index in [1.54, 1.807) is 0 Å². The predicted molar refractivity (Wildman–Crippen MR) is 189 cm³/mol. The smallest absolute Gasteiger partial charge is 0.136 e. The minimum atomic E-state index is 0.00875. The van der Waals surface area contributed by atoms with E-state index >= 15 is 0 Å². The number of carbonyl (C=O) groups excluding carboxylic acids is 4. The van der Waals surface area contributed by atoms with Crippen molar-refractivity contribution in [3.63, 3.8) is 0 Å². The average molecular weight is 623 g/mol. The molecule has 0 amide bonds. The molecule has 0 radical (unpaired) electrons. The van der Waals surface area contributed by atoms with E-state index in [2.05, 4.69) is 36.4 Å². The molecular formula is C42H54O4. The maximum absolute atomic E-state index is 12.9. The van der Waals surface area contributed by atoms with Crippen molar-refractivity contribution in [1.82, 2.24) is 0 Å². The van der Waals surface area contributed by atoms with E-state index in [1.165, 1.54) is 22.3 Å². The summed E-state index contributed by atoms with van der Waals surface area (Å²) in [4.78, 5) is 51.7. The Bertz CT molecular complexity index is 1410. The Morgan fingerprint density at radius 2 is 0.609 bits per heavy atom. The molecule has 0 saturated heterocycles.